The molecule has 0 spiro atoms. The zero-order valence-corrected chi connectivity index (χ0v) is 15.6. The van der Waals surface area contributed by atoms with Crippen LogP contribution in [0.25, 0.3) is 0 Å². The molecule has 0 N–H and O–H groups in total. The lowest BCUT2D eigenvalue weighted by Gasteiger charge is -2.16. The number of imide groups is 1. The Hall–Kier alpha value is -3.04. The second-order valence-electron chi connectivity index (χ2n) is 6.89. The first-order valence-electron chi connectivity index (χ1n) is 8.95. The third-order valence-electron chi connectivity index (χ3n) is 4.99. The van der Waals surface area contributed by atoms with Gasteiger partial charge in [-0.1, -0.05) is 17.2 Å². The minimum atomic E-state index is -0.840. The number of hydroxylamine groups is 2. The van der Waals surface area contributed by atoms with Gasteiger partial charge in [-0.15, -0.1) is 0 Å². The summed E-state index contributed by atoms with van der Waals surface area (Å²) in [5, 5.41) is 4.67. The number of hydrogen-bond acceptors (Lipinski definition) is 7. The predicted octanol–water partition coefficient (Wildman–Crippen LogP) is 1.01. The molecule has 28 heavy (non-hydrogen) atoms. The number of ether oxygens (including phenoxy) is 1. The number of benzene rings is 1. The normalized spacial score (nSPS) is 19.4. The molecule has 3 heterocycles. The minimum absolute atomic E-state index is 0.0833. The van der Waals surface area contributed by atoms with Gasteiger partial charge in [0.05, 0.1) is 17.2 Å². The molecule has 146 valence electrons. The zero-order chi connectivity index (χ0) is 19.8. The number of fused-ring (bicyclic) bond motifs is 1. The molecule has 2 aromatic rings. The topological polar surface area (TPSA) is 94.0 Å². The van der Waals surface area contributed by atoms with E-state index >= 15 is 0 Å². The van der Waals surface area contributed by atoms with Crippen LogP contribution in [0.2, 0.25) is 0 Å². The molecule has 1 fully saturated rings. The number of carbonyl (C=O) groups is 3. The van der Waals surface area contributed by atoms with E-state index in [-0.39, 0.29) is 22.9 Å². The summed E-state index contributed by atoms with van der Waals surface area (Å²) in [4.78, 5) is 44.8. The van der Waals surface area contributed by atoms with Gasteiger partial charge in [0.25, 0.3) is 11.8 Å². The van der Waals surface area contributed by atoms with E-state index in [9.17, 15) is 14.4 Å². The number of rotatable bonds is 5. The monoisotopic (exact) mass is 384 g/mol. The van der Waals surface area contributed by atoms with Crippen molar-refractivity contribution in [3.05, 3.63) is 52.8 Å². The van der Waals surface area contributed by atoms with Crippen molar-refractivity contribution >= 4 is 17.8 Å². The number of aromatic nitrogens is 2. The molecule has 9 nitrogen and oxygen atoms in total. The van der Waals surface area contributed by atoms with E-state index in [0.717, 1.165) is 19.5 Å². The smallest absolute Gasteiger partial charge is 0.380 e. The van der Waals surface area contributed by atoms with Gasteiger partial charge in [-0.3, -0.25) is 19.2 Å². The highest BCUT2D eigenvalue weighted by atomic mass is 16.7. The van der Waals surface area contributed by atoms with Crippen molar-refractivity contribution in [2.24, 2.45) is 7.05 Å². The van der Waals surface area contributed by atoms with Crippen LogP contribution in [-0.2, 0) is 23.2 Å². The molecule has 0 saturated carbocycles. The van der Waals surface area contributed by atoms with Crippen molar-refractivity contribution in [1.82, 2.24) is 19.7 Å². The summed E-state index contributed by atoms with van der Waals surface area (Å²) in [6.07, 6.45) is 2.83. The summed E-state index contributed by atoms with van der Waals surface area (Å²) in [6.45, 7) is 2.11. The Bertz CT molecular complexity index is 919. The number of methoxy groups -OCH3 is 1. The molecule has 1 aromatic heterocycles. The number of hydrogen-bond donors (Lipinski definition) is 0. The Morgan fingerprint density at radius 2 is 1.89 bits per heavy atom. The fourth-order valence-corrected chi connectivity index (χ4v) is 3.58. The van der Waals surface area contributed by atoms with Crippen molar-refractivity contribution in [3.63, 3.8) is 0 Å². The maximum atomic E-state index is 12.7. The third-order valence-corrected chi connectivity index (χ3v) is 4.99. The van der Waals surface area contributed by atoms with E-state index in [4.69, 9.17) is 9.57 Å². The molecule has 2 aliphatic heterocycles. The molecule has 0 radical (unpaired) electrons. The van der Waals surface area contributed by atoms with E-state index in [1.165, 1.54) is 16.8 Å². The lowest BCUT2D eigenvalue weighted by atomic mass is 10.1. The molecule has 1 aromatic carbocycles. The summed E-state index contributed by atoms with van der Waals surface area (Å²) in [5.41, 5.74) is 1.18. The van der Waals surface area contributed by atoms with Gasteiger partial charge in [-0.25, -0.2) is 4.79 Å². The van der Waals surface area contributed by atoms with Crippen LogP contribution in [0, 0.1) is 0 Å². The number of carbonyl (C=O) groups excluding carboxylic acids is 3. The van der Waals surface area contributed by atoms with Crippen LogP contribution in [0.15, 0.2) is 30.5 Å². The standard InChI is InChI=1S/C19H20N4O5/c1-21-9-12(10-22-8-7-13(11-22)27-2)16(20-21)19(26)28-23-17(24)14-5-3-4-6-15(14)18(23)25/h3-6,9,13H,7-8,10-11H2,1-2H3. The van der Waals surface area contributed by atoms with Gasteiger partial charge in [0.1, 0.15) is 0 Å². The molecule has 4 rings (SSSR count). The van der Waals surface area contributed by atoms with E-state index in [2.05, 4.69) is 10.00 Å². The molecule has 1 unspecified atom stereocenters. The first kappa shape index (κ1) is 18.3. The van der Waals surface area contributed by atoms with Crippen molar-refractivity contribution in [3.8, 4) is 0 Å². The highest BCUT2D eigenvalue weighted by Gasteiger charge is 2.39. The summed E-state index contributed by atoms with van der Waals surface area (Å²) < 4.78 is 6.88. The number of likely N-dealkylation sites (tertiary alicyclic amines) is 1. The van der Waals surface area contributed by atoms with Gasteiger partial charge in [-0.2, -0.15) is 5.10 Å². The quantitative estimate of drug-likeness (QED) is 0.710. The van der Waals surface area contributed by atoms with Crippen LogP contribution in [0.3, 0.4) is 0 Å². The summed E-state index contributed by atoms with van der Waals surface area (Å²) in [7, 11) is 3.38. The molecule has 1 saturated heterocycles. The predicted molar refractivity (Wildman–Crippen MR) is 96.3 cm³/mol. The maximum absolute atomic E-state index is 12.7. The summed E-state index contributed by atoms with van der Waals surface area (Å²) in [5.74, 6) is -2.16. The molecular formula is C19H20N4O5. The molecular weight excluding hydrogens is 364 g/mol. The van der Waals surface area contributed by atoms with Gasteiger partial charge >= 0.3 is 5.97 Å². The van der Waals surface area contributed by atoms with Gasteiger partial charge in [0, 0.05) is 45.6 Å². The van der Waals surface area contributed by atoms with E-state index in [0.29, 0.717) is 17.2 Å². The van der Waals surface area contributed by atoms with Crippen LogP contribution in [0.5, 0.6) is 0 Å². The fraction of sp³-hybridized carbons (Fsp3) is 0.368. The number of aryl methyl sites for hydroxylation is 1. The van der Waals surface area contributed by atoms with Gasteiger partial charge in [-0.05, 0) is 18.6 Å². The second-order valence-corrected chi connectivity index (χ2v) is 6.89. The van der Waals surface area contributed by atoms with E-state index in [1.54, 1.807) is 32.5 Å². The first-order valence-corrected chi connectivity index (χ1v) is 8.95. The van der Waals surface area contributed by atoms with Gasteiger partial charge in [0.15, 0.2) is 5.69 Å². The summed E-state index contributed by atoms with van der Waals surface area (Å²) >= 11 is 0. The lowest BCUT2D eigenvalue weighted by molar-refractivity contribution is -0.0590. The van der Waals surface area contributed by atoms with E-state index < -0.39 is 17.8 Å². The highest BCUT2D eigenvalue weighted by Crippen LogP contribution is 2.24. The molecule has 1 atom stereocenters. The Morgan fingerprint density at radius 1 is 1.21 bits per heavy atom. The second kappa shape index (κ2) is 7.17. The lowest BCUT2D eigenvalue weighted by Crippen LogP contribution is -2.33. The van der Waals surface area contributed by atoms with Gasteiger partial charge in [0.2, 0.25) is 0 Å². The molecule has 0 bridgehead atoms. The van der Waals surface area contributed by atoms with Crippen LogP contribution in [0.4, 0.5) is 0 Å². The van der Waals surface area contributed by atoms with Crippen LogP contribution in [0.1, 0.15) is 43.2 Å². The highest BCUT2D eigenvalue weighted by molar-refractivity contribution is 6.21. The number of nitrogens with zero attached hydrogens (tertiary/aromatic N) is 4. The first-order chi connectivity index (χ1) is 13.5. The largest absolute Gasteiger partial charge is 0.384 e. The fourth-order valence-electron chi connectivity index (χ4n) is 3.58. The van der Waals surface area contributed by atoms with Crippen molar-refractivity contribution in [2.45, 2.75) is 19.1 Å². The Balaban J connectivity index is 1.50. The van der Waals surface area contributed by atoms with Crippen LogP contribution in [-0.4, -0.2) is 63.8 Å². The minimum Gasteiger partial charge on any atom is -0.380 e. The molecule has 2 amide bonds. The Morgan fingerprint density at radius 3 is 2.50 bits per heavy atom. The Kier molecular flexibility index (Phi) is 4.70. The summed E-state index contributed by atoms with van der Waals surface area (Å²) in [6, 6.07) is 6.34. The maximum Gasteiger partial charge on any atom is 0.384 e. The average Bonchev–Trinajstić information content (AvgIpc) is 3.36. The van der Waals surface area contributed by atoms with Gasteiger partial charge < -0.3 is 9.57 Å². The number of amides is 2. The Labute approximate surface area is 161 Å². The zero-order valence-electron chi connectivity index (χ0n) is 15.6. The van der Waals surface area contributed by atoms with Crippen molar-refractivity contribution < 1.29 is 24.0 Å². The van der Waals surface area contributed by atoms with E-state index in [1.807, 2.05) is 0 Å². The molecule has 0 aliphatic carbocycles. The van der Waals surface area contributed by atoms with Crippen molar-refractivity contribution in [1.29, 1.82) is 0 Å². The molecule has 2 aliphatic rings. The third kappa shape index (κ3) is 3.19. The van der Waals surface area contributed by atoms with Crippen LogP contribution >= 0.6 is 0 Å². The van der Waals surface area contributed by atoms with Crippen LogP contribution < -0.4 is 0 Å². The molecule has 9 heteroatoms. The van der Waals surface area contributed by atoms with Crippen molar-refractivity contribution in [2.75, 3.05) is 20.2 Å². The average molecular weight is 384 g/mol. The SMILES string of the molecule is COC1CCN(Cc2cn(C)nc2C(=O)ON2C(=O)c3ccccc3C2=O)C1.